The Morgan fingerprint density at radius 2 is 1.85 bits per heavy atom. The van der Waals surface area contributed by atoms with Crippen LogP contribution >= 0.6 is 0 Å². The minimum atomic E-state index is -0.480. The van der Waals surface area contributed by atoms with E-state index in [0.29, 0.717) is 24.3 Å². The maximum absolute atomic E-state index is 12.1. The van der Waals surface area contributed by atoms with Crippen LogP contribution in [0.4, 0.5) is 10.6 Å². The van der Waals surface area contributed by atoms with Crippen LogP contribution in [0.25, 0.3) is 0 Å². The van der Waals surface area contributed by atoms with Crippen LogP contribution in [0.15, 0.2) is 6.07 Å². The first-order valence-electron chi connectivity index (χ1n) is 8.91. The van der Waals surface area contributed by atoms with E-state index in [1.165, 1.54) is 7.11 Å². The highest BCUT2D eigenvalue weighted by atomic mass is 16.6. The van der Waals surface area contributed by atoms with Gasteiger partial charge in [-0.25, -0.2) is 14.6 Å². The maximum Gasteiger partial charge on any atom is 0.410 e. The number of carbonyl (C=O) groups excluding carboxylic acids is 2. The molecule has 144 valence electrons. The summed E-state index contributed by atoms with van der Waals surface area (Å²) in [7, 11) is 1.37. The Bertz CT molecular complexity index is 651. The number of nitrogens with zero attached hydrogens (tertiary/aromatic N) is 2. The van der Waals surface area contributed by atoms with E-state index in [-0.39, 0.29) is 18.1 Å². The van der Waals surface area contributed by atoms with Gasteiger partial charge >= 0.3 is 12.1 Å². The zero-order valence-electron chi connectivity index (χ0n) is 16.5. The molecular weight excluding hydrogens is 334 g/mol. The fourth-order valence-electron chi connectivity index (χ4n) is 3.06. The number of pyridine rings is 1. The second-order valence-electron chi connectivity index (χ2n) is 7.66. The van der Waals surface area contributed by atoms with Crippen LogP contribution < -0.4 is 5.32 Å². The molecule has 0 saturated carbocycles. The van der Waals surface area contributed by atoms with Crippen molar-refractivity contribution in [1.29, 1.82) is 0 Å². The van der Waals surface area contributed by atoms with Crippen molar-refractivity contribution in [2.45, 2.75) is 59.1 Å². The van der Waals surface area contributed by atoms with Gasteiger partial charge in [-0.05, 0) is 59.1 Å². The van der Waals surface area contributed by atoms with E-state index in [2.05, 4.69) is 10.3 Å². The van der Waals surface area contributed by atoms with Crippen LogP contribution in [0.1, 0.15) is 55.2 Å². The Kier molecular flexibility index (Phi) is 6.10. The number of hydrogen-bond donors (Lipinski definition) is 1. The topological polar surface area (TPSA) is 80.8 Å². The van der Waals surface area contributed by atoms with E-state index in [9.17, 15) is 9.59 Å². The first kappa shape index (κ1) is 20.0. The van der Waals surface area contributed by atoms with Gasteiger partial charge in [-0.2, -0.15) is 0 Å². The van der Waals surface area contributed by atoms with Crippen molar-refractivity contribution in [2.24, 2.45) is 0 Å². The lowest BCUT2D eigenvalue weighted by Gasteiger charge is -2.34. The van der Waals surface area contributed by atoms with Gasteiger partial charge in [0.25, 0.3) is 0 Å². The molecule has 0 radical (unpaired) electrons. The summed E-state index contributed by atoms with van der Waals surface area (Å²) in [6.07, 6.45) is 1.37. The molecule has 1 amide bonds. The number of anilines is 1. The van der Waals surface area contributed by atoms with Crippen LogP contribution in [-0.2, 0) is 9.47 Å². The van der Waals surface area contributed by atoms with Crippen LogP contribution in [0, 0.1) is 13.8 Å². The third kappa shape index (κ3) is 5.09. The van der Waals surface area contributed by atoms with Gasteiger partial charge in [-0.1, -0.05) is 0 Å². The first-order valence-corrected chi connectivity index (χ1v) is 8.91. The summed E-state index contributed by atoms with van der Waals surface area (Å²) in [5, 5.41) is 3.41. The van der Waals surface area contributed by atoms with Crippen LogP contribution in [0.3, 0.4) is 0 Å². The van der Waals surface area contributed by atoms with Crippen molar-refractivity contribution in [2.75, 3.05) is 25.5 Å². The van der Waals surface area contributed by atoms with Gasteiger partial charge < -0.3 is 19.7 Å². The zero-order valence-corrected chi connectivity index (χ0v) is 16.5. The standard InChI is InChI=1S/C19H29N3O4/c1-12-11-15(20-13(2)16(12)17(23)25-6)21-14-7-9-22(10-8-14)18(24)26-19(3,4)5/h11,14H,7-10H2,1-6H3,(H,20,21). The number of likely N-dealkylation sites (tertiary alicyclic amines) is 1. The smallest absolute Gasteiger partial charge is 0.410 e. The van der Waals surface area contributed by atoms with Crippen LogP contribution in [-0.4, -0.2) is 53.8 Å². The van der Waals surface area contributed by atoms with Crippen LogP contribution in [0.2, 0.25) is 0 Å². The lowest BCUT2D eigenvalue weighted by atomic mass is 10.0. The molecular formula is C19H29N3O4. The van der Waals surface area contributed by atoms with Gasteiger partial charge in [0, 0.05) is 19.1 Å². The number of carbonyl (C=O) groups is 2. The molecule has 0 bridgehead atoms. The number of piperidine rings is 1. The molecule has 1 aliphatic heterocycles. The number of methoxy groups -OCH3 is 1. The molecule has 0 spiro atoms. The highest BCUT2D eigenvalue weighted by Crippen LogP contribution is 2.21. The molecule has 7 nitrogen and oxygen atoms in total. The predicted molar refractivity (Wildman–Crippen MR) is 99.5 cm³/mol. The Balaban J connectivity index is 1.96. The lowest BCUT2D eigenvalue weighted by Crippen LogP contribution is -2.44. The summed E-state index contributed by atoms with van der Waals surface area (Å²) in [4.78, 5) is 30.2. The Morgan fingerprint density at radius 3 is 2.35 bits per heavy atom. The molecule has 7 heteroatoms. The summed E-state index contributed by atoms with van der Waals surface area (Å²) in [6, 6.07) is 2.09. The van der Waals surface area contributed by atoms with E-state index in [1.54, 1.807) is 11.8 Å². The fourth-order valence-corrected chi connectivity index (χ4v) is 3.06. The van der Waals surface area contributed by atoms with Gasteiger partial charge in [0.2, 0.25) is 0 Å². The van der Waals surface area contributed by atoms with Crippen molar-refractivity contribution in [3.8, 4) is 0 Å². The zero-order chi connectivity index (χ0) is 19.5. The van der Waals surface area contributed by atoms with Crippen molar-refractivity contribution < 1.29 is 19.1 Å². The summed E-state index contributed by atoms with van der Waals surface area (Å²) >= 11 is 0. The second-order valence-corrected chi connectivity index (χ2v) is 7.66. The highest BCUT2D eigenvalue weighted by Gasteiger charge is 2.27. The largest absolute Gasteiger partial charge is 0.465 e. The summed E-state index contributed by atoms with van der Waals surface area (Å²) < 4.78 is 10.2. The Morgan fingerprint density at radius 1 is 1.23 bits per heavy atom. The molecule has 0 aromatic carbocycles. The molecule has 0 unspecified atom stereocenters. The van der Waals surface area contributed by atoms with Crippen LogP contribution in [0.5, 0.6) is 0 Å². The number of aromatic nitrogens is 1. The minimum absolute atomic E-state index is 0.226. The average molecular weight is 363 g/mol. The quantitative estimate of drug-likeness (QED) is 0.830. The third-order valence-electron chi connectivity index (χ3n) is 4.29. The lowest BCUT2D eigenvalue weighted by molar-refractivity contribution is 0.0210. The molecule has 1 aliphatic rings. The number of rotatable bonds is 3. The van der Waals surface area contributed by atoms with Crippen molar-refractivity contribution in [3.63, 3.8) is 0 Å². The molecule has 1 aromatic heterocycles. The fraction of sp³-hybridized carbons (Fsp3) is 0.632. The first-order chi connectivity index (χ1) is 12.1. The summed E-state index contributed by atoms with van der Waals surface area (Å²) in [5.74, 6) is 0.369. The number of aryl methyl sites for hydroxylation is 2. The minimum Gasteiger partial charge on any atom is -0.465 e. The number of nitrogens with one attached hydrogen (secondary N) is 1. The highest BCUT2D eigenvalue weighted by molar-refractivity contribution is 5.92. The Hall–Kier alpha value is -2.31. The van der Waals surface area contributed by atoms with E-state index in [4.69, 9.17) is 9.47 Å². The van der Waals surface area contributed by atoms with E-state index in [0.717, 1.165) is 24.2 Å². The normalized spacial score (nSPS) is 15.5. The molecule has 2 rings (SSSR count). The summed E-state index contributed by atoms with van der Waals surface area (Å²) in [5.41, 5.74) is 1.51. The molecule has 2 heterocycles. The molecule has 1 aromatic rings. The van der Waals surface area contributed by atoms with Gasteiger partial charge in [0.05, 0.1) is 18.4 Å². The van der Waals surface area contributed by atoms with E-state index in [1.807, 2.05) is 33.8 Å². The summed E-state index contributed by atoms with van der Waals surface area (Å²) in [6.45, 7) is 10.6. The van der Waals surface area contributed by atoms with Gasteiger partial charge in [0.15, 0.2) is 0 Å². The average Bonchev–Trinajstić information content (AvgIpc) is 2.53. The SMILES string of the molecule is COC(=O)c1c(C)cc(NC2CCN(C(=O)OC(C)(C)C)CC2)nc1C. The van der Waals surface area contributed by atoms with Crippen molar-refractivity contribution in [1.82, 2.24) is 9.88 Å². The molecule has 0 atom stereocenters. The van der Waals surface area contributed by atoms with E-state index >= 15 is 0 Å². The van der Waals surface area contributed by atoms with Gasteiger partial charge in [-0.3, -0.25) is 0 Å². The predicted octanol–water partition coefficient (Wildman–Crippen LogP) is 3.30. The molecule has 0 aliphatic carbocycles. The number of hydrogen-bond acceptors (Lipinski definition) is 6. The second kappa shape index (κ2) is 7.93. The third-order valence-corrected chi connectivity index (χ3v) is 4.29. The van der Waals surface area contributed by atoms with Crippen molar-refractivity contribution in [3.05, 3.63) is 22.9 Å². The van der Waals surface area contributed by atoms with Gasteiger partial charge in [-0.15, -0.1) is 0 Å². The monoisotopic (exact) mass is 363 g/mol. The van der Waals surface area contributed by atoms with Crippen molar-refractivity contribution >= 4 is 17.9 Å². The maximum atomic E-state index is 12.1. The molecule has 1 fully saturated rings. The Labute approximate surface area is 155 Å². The molecule has 1 saturated heterocycles. The number of amides is 1. The molecule has 1 N–H and O–H groups in total. The van der Waals surface area contributed by atoms with Gasteiger partial charge in [0.1, 0.15) is 11.4 Å². The number of ether oxygens (including phenoxy) is 2. The molecule has 26 heavy (non-hydrogen) atoms. The number of esters is 1. The van der Waals surface area contributed by atoms with E-state index < -0.39 is 5.60 Å².